The highest BCUT2D eigenvalue weighted by Crippen LogP contribution is 2.42. The van der Waals surface area contributed by atoms with Gasteiger partial charge in [-0.05, 0) is 56.2 Å². The van der Waals surface area contributed by atoms with E-state index in [1.165, 1.54) is 29.5 Å². The highest BCUT2D eigenvalue weighted by Gasteiger charge is 2.27. The molecule has 0 atom stereocenters. The molecular formula is C25H21F3N4O3S2. The fourth-order valence-electron chi connectivity index (χ4n) is 4.07. The standard InChI is InChI=1S/C25H21F3N4O3S2/c1-14-29-10-7-20(30-14)24-23(31-25(36-24)15-8-11-35-12-9-15)17-3-2-4-19(22(17)28)32-37(33,34)21-13-16(26)5-6-18(21)27/h2-7,10,13,15,32H,8-9,11-12H2,1H3. The molecule has 0 radical (unpaired) electrons. The summed E-state index contributed by atoms with van der Waals surface area (Å²) in [6.07, 6.45) is 3.15. The van der Waals surface area contributed by atoms with Gasteiger partial charge in [0.2, 0.25) is 0 Å². The molecule has 0 spiro atoms. The number of nitrogens with zero attached hydrogens (tertiary/aromatic N) is 3. The molecule has 1 N–H and O–H groups in total. The highest BCUT2D eigenvalue weighted by molar-refractivity contribution is 7.92. The molecule has 2 aromatic heterocycles. The third kappa shape index (κ3) is 5.22. The van der Waals surface area contributed by atoms with E-state index >= 15 is 4.39 Å². The first kappa shape index (κ1) is 25.3. The summed E-state index contributed by atoms with van der Waals surface area (Å²) in [5.74, 6) is -2.34. The van der Waals surface area contributed by atoms with Crippen LogP contribution in [0.4, 0.5) is 18.9 Å². The average molecular weight is 547 g/mol. The van der Waals surface area contributed by atoms with Crippen LogP contribution in [0, 0.1) is 24.4 Å². The van der Waals surface area contributed by atoms with E-state index in [1.54, 1.807) is 19.2 Å². The van der Waals surface area contributed by atoms with Crippen molar-refractivity contribution in [2.45, 2.75) is 30.6 Å². The van der Waals surface area contributed by atoms with Gasteiger partial charge in [-0.25, -0.2) is 36.5 Å². The predicted molar refractivity (Wildman–Crippen MR) is 133 cm³/mol. The zero-order valence-corrected chi connectivity index (χ0v) is 21.2. The van der Waals surface area contributed by atoms with Gasteiger partial charge in [-0.1, -0.05) is 6.07 Å². The van der Waals surface area contributed by atoms with Gasteiger partial charge in [0, 0.05) is 30.9 Å². The number of aryl methyl sites for hydroxylation is 1. The first-order valence-corrected chi connectivity index (χ1v) is 13.7. The molecule has 1 saturated heterocycles. The van der Waals surface area contributed by atoms with Crippen LogP contribution in [0.2, 0.25) is 0 Å². The van der Waals surface area contributed by atoms with Crippen LogP contribution in [-0.2, 0) is 14.8 Å². The molecule has 2 aromatic carbocycles. The molecule has 1 aliphatic rings. The van der Waals surface area contributed by atoms with E-state index in [4.69, 9.17) is 9.72 Å². The summed E-state index contributed by atoms with van der Waals surface area (Å²) >= 11 is 1.40. The maximum absolute atomic E-state index is 15.8. The SMILES string of the molecule is Cc1nccc(-c2sc(C3CCOCC3)nc2-c2cccc(NS(=O)(=O)c3cc(F)ccc3F)c2F)n1. The molecule has 192 valence electrons. The Morgan fingerprint density at radius 1 is 1.05 bits per heavy atom. The van der Waals surface area contributed by atoms with Gasteiger partial charge in [-0.3, -0.25) is 4.72 Å². The number of nitrogens with one attached hydrogen (secondary N) is 1. The lowest BCUT2D eigenvalue weighted by Crippen LogP contribution is -2.16. The number of thiazole rings is 1. The quantitative estimate of drug-likeness (QED) is 0.334. The summed E-state index contributed by atoms with van der Waals surface area (Å²) in [5, 5.41) is 0.803. The smallest absolute Gasteiger partial charge is 0.265 e. The Bertz CT molecular complexity index is 1570. The van der Waals surface area contributed by atoms with Gasteiger partial charge in [0.15, 0.2) is 5.82 Å². The number of ether oxygens (including phenoxy) is 1. The Labute approximate surface area is 215 Å². The third-order valence-electron chi connectivity index (χ3n) is 5.90. The molecule has 5 rings (SSSR count). The molecule has 7 nitrogen and oxygen atoms in total. The predicted octanol–water partition coefficient (Wildman–Crippen LogP) is 5.69. The molecule has 0 unspecified atom stereocenters. The highest BCUT2D eigenvalue weighted by atomic mass is 32.2. The fourth-order valence-corrected chi connectivity index (χ4v) is 6.44. The van der Waals surface area contributed by atoms with Crippen LogP contribution >= 0.6 is 11.3 Å². The number of rotatable bonds is 6. The van der Waals surface area contributed by atoms with Crippen molar-refractivity contribution in [2.75, 3.05) is 17.9 Å². The maximum atomic E-state index is 15.8. The van der Waals surface area contributed by atoms with Crippen molar-refractivity contribution < 1.29 is 26.3 Å². The number of sulfonamides is 1. The van der Waals surface area contributed by atoms with Crippen LogP contribution in [0.5, 0.6) is 0 Å². The van der Waals surface area contributed by atoms with E-state index in [1.807, 2.05) is 4.72 Å². The number of hydrogen-bond donors (Lipinski definition) is 1. The molecule has 0 bridgehead atoms. The fraction of sp³-hybridized carbons (Fsp3) is 0.240. The Kier molecular flexibility index (Phi) is 6.97. The van der Waals surface area contributed by atoms with Crippen LogP contribution in [0.3, 0.4) is 0 Å². The minimum Gasteiger partial charge on any atom is -0.381 e. The number of benzene rings is 2. The molecule has 12 heteroatoms. The van der Waals surface area contributed by atoms with E-state index in [2.05, 4.69) is 9.97 Å². The minimum absolute atomic E-state index is 0.0424. The Hall–Kier alpha value is -3.35. The van der Waals surface area contributed by atoms with Crippen molar-refractivity contribution in [2.24, 2.45) is 0 Å². The first-order valence-electron chi connectivity index (χ1n) is 11.4. The summed E-state index contributed by atoms with van der Waals surface area (Å²) < 4.78 is 76.7. The lowest BCUT2D eigenvalue weighted by atomic mass is 10.0. The van der Waals surface area contributed by atoms with E-state index in [-0.39, 0.29) is 11.5 Å². The largest absolute Gasteiger partial charge is 0.381 e. The normalized spacial score (nSPS) is 14.6. The van der Waals surface area contributed by atoms with Gasteiger partial charge in [0.05, 0.1) is 27.0 Å². The lowest BCUT2D eigenvalue weighted by Gasteiger charge is -2.19. The zero-order chi connectivity index (χ0) is 26.2. The molecule has 4 aromatic rings. The first-order chi connectivity index (χ1) is 17.7. The number of halogens is 3. The Balaban J connectivity index is 1.59. The van der Waals surface area contributed by atoms with Gasteiger partial charge in [-0.15, -0.1) is 11.3 Å². The maximum Gasteiger partial charge on any atom is 0.265 e. The average Bonchev–Trinajstić information content (AvgIpc) is 3.32. The van der Waals surface area contributed by atoms with Gasteiger partial charge >= 0.3 is 0 Å². The number of anilines is 1. The summed E-state index contributed by atoms with van der Waals surface area (Å²) in [6, 6.07) is 7.87. The van der Waals surface area contributed by atoms with Crippen molar-refractivity contribution in [3.05, 3.63) is 76.9 Å². The Morgan fingerprint density at radius 3 is 2.59 bits per heavy atom. The molecule has 0 aliphatic carbocycles. The number of hydrogen-bond acceptors (Lipinski definition) is 7. The van der Waals surface area contributed by atoms with Crippen molar-refractivity contribution in [1.82, 2.24) is 15.0 Å². The van der Waals surface area contributed by atoms with E-state index in [0.29, 0.717) is 47.4 Å². The third-order valence-corrected chi connectivity index (χ3v) is 8.52. The number of aromatic nitrogens is 3. The molecule has 0 saturated carbocycles. The van der Waals surface area contributed by atoms with Gasteiger partial charge < -0.3 is 4.74 Å². The summed E-state index contributed by atoms with van der Waals surface area (Å²) in [6.45, 7) is 2.94. The summed E-state index contributed by atoms with van der Waals surface area (Å²) in [4.78, 5) is 13.1. The topological polar surface area (TPSA) is 94.1 Å². The zero-order valence-electron chi connectivity index (χ0n) is 19.5. The molecule has 0 amide bonds. The van der Waals surface area contributed by atoms with Gasteiger partial charge in [0.25, 0.3) is 10.0 Å². The molecule has 3 heterocycles. The van der Waals surface area contributed by atoms with Crippen molar-refractivity contribution in [3.63, 3.8) is 0 Å². The Morgan fingerprint density at radius 2 is 1.84 bits per heavy atom. The van der Waals surface area contributed by atoms with Crippen molar-refractivity contribution in [1.29, 1.82) is 0 Å². The monoisotopic (exact) mass is 546 g/mol. The summed E-state index contributed by atoms with van der Waals surface area (Å²) in [7, 11) is -4.63. The van der Waals surface area contributed by atoms with Crippen LogP contribution < -0.4 is 4.72 Å². The van der Waals surface area contributed by atoms with E-state index in [9.17, 15) is 17.2 Å². The lowest BCUT2D eigenvalue weighted by molar-refractivity contribution is 0.0853. The van der Waals surface area contributed by atoms with Gasteiger partial charge in [0.1, 0.15) is 22.4 Å². The molecular weight excluding hydrogens is 525 g/mol. The van der Waals surface area contributed by atoms with E-state index < -0.39 is 38.1 Å². The second kappa shape index (κ2) is 10.2. The van der Waals surface area contributed by atoms with Crippen molar-refractivity contribution >= 4 is 27.0 Å². The van der Waals surface area contributed by atoms with Crippen LogP contribution in [0.15, 0.2) is 53.6 Å². The van der Waals surface area contributed by atoms with Crippen LogP contribution in [0.1, 0.15) is 29.6 Å². The second-order valence-electron chi connectivity index (χ2n) is 8.45. The minimum atomic E-state index is -4.63. The molecule has 1 fully saturated rings. The van der Waals surface area contributed by atoms with Crippen molar-refractivity contribution in [3.8, 4) is 21.8 Å². The second-order valence-corrected chi connectivity index (χ2v) is 11.1. The van der Waals surface area contributed by atoms with Gasteiger partial charge in [-0.2, -0.15) is 0 Å². The van der Waals surface area contributed by atoms with Crippen LogP contribution in [-0.4, -0.2) is 36.6 Å². The van der Waals surface area contributed by atoms with Crippen LogP contribution in [0.25, 0.3) is 21.8 Å². The molecule has 1 aliphatic heterocycles. The molecule has 37 heavy (non-hydrogen) atoms. The van der Waals surface area contributed by atoms with E-state index in [0.717, 1.165) is 23.9 Å². The summed E-state index contributed by atoms with van der Waals surface area (Å²) in [5.41, 5.74) is 0.484.